The molecule has 196 valence electrons. The number of rotatable bonds is 13. The standard InChI is InChI=1S/C25H36O10/c1-2-3-4-5-6-7-8-9-12-32-23-16-11-10-15(13-17(16)34-24(31)22(23)30)33-25-21(29)20(28)19(27)18(14-26)35-25/h10-11,13,18-21,25-30H,2-9,12,14H2,1H3/t18-,19-,20+,21+,25+/m1/s1. The Morgan fingerprint density at radius 3 is 2.31 bits per heavy atom. The van der Waals surface area contributed by atoms with E-state index in [1.807, 2.05) is 0 Å². The summed E-state index contributed by atoms with van der Waals surface area (Å²) in [5.41, 5.74) is -0.880. The molecule has 3 rings (SSSR count). The molecule has 0 bridgehead atoms. The summed E-state index contributed by atoms with van der Waals surface area (Å²) in [4.78, 5) is 12.1. The first-order valence-electron chi connectivity index (χ1n) is 12.3. The average Bonchev–Trinajstić information content (AvgIpc) is 2.85. The summed E-state index contributed by atoms with van der Waals surface area (Å²) >= 11 is 0. The number of aliphatic hydroxyl groups excluding tert-OH is 4. The monoisotopic (exact) mass is 496 g/mol. The number of hydrogen-bond donors (Lipinski definition) is 5. The van der Waals surface area contributed by atoms with Crippen LogP contribution < -0.4 is 15.1 Å². The van der Waals surface area contributed by atoms with Crippen LogP contribution in [0.25, 0.3) is 11.0 Å². The van der Waals surface area contributed by atoms with Crippen LogP contribution in [0.15, 0.2) is 27.4 Å². The van der Waals surface area contributed by atoms with Gasteiger partial charge in [-0.3, -0.25) is 0 Å². The van der Waals surface area contributed by atoms with Crippen molar-refractivity contribution in [2.45, 2.75) is 89.0 Å². The van der Waals surface area contributed by atoms with Gasteiger partial charge in [0, 0.05) is 6.07 Å². The molecule has 0 spiro atoms. The van der Waals surface area contributed by atoms with E-state index in [1.165, 1.54) is 50.3 Å². The van der Waals surface area contributed by atoms with Crippen LogP contribution in [0.5, 0.6) is 17.2 Å². The van der Waals surface area contributed by atoms with Crippen molar-refractivity contribution in [3.05, 3.63) is 28.6 Å². The minimum atomic E-state index is -1.59. The van der Waals surface area contributed by atoms with E-state index in [-0.39, 0.29) is 17.1 Å². The van der Waals surface area contributed by atoms with E-state index in [2.05, 4.69) is 6.92 Å². The fraction of sp³-hybridized carbons (Fsp3) is 0.640. The third-order valence-corrected chi connectivity index (χ3v) is 6.15. The number of benzene rings is 1. The number of aromatic hydroxyl groups is 1. The molecule has 0 radical (unpaired) electrons. The van der Waals surface area contributed by atoms with Crippen molar-refractivity contribution < 1.29 is 44.2 Å². The van der Waals surface area contributed by atoms with Gasteiger partial charge in [-0.15, -0.1) is 0 Å². The van der Waals surface area contributed by atoms with Gasteiger partial charge < -0.3 is 44.2 Å². The molecule has 0 unspecified atom stereocenters. The Morgan fingerprint density at radius 1 is 0.943 bits per heavy atom. The van der Waals surface area contributed by atoms with Crippen molar-refractivity contribution in [2.24, 2.45) is 0 Å². The molecule has 5 atom stereocenters. The lowest BCUT2D eigenvalue weighted by atomic mass is 9.99. The van der Waals surface area contributed by atoms with Crippen LogP contribution in [0, 0.1) is 0 Å². The molecule has 2 aromatic rings. The second-order valence-electron chi connectivity index (χ2n) is 8.86. The van der Waals surface area contributed by atoms with Gasteiger partial charge in [0.15, 0.2) is 5.75 Å². The van der Waals surface area contributed by atoms with Crippen molar-refractivity contribution in [1.82, 2.24) is 0 Å². The molecule has 10 nitrogen and oxygen atoms in total. The van der Waals surface area contributed by atoms with E-state index in [1.54, 1.807) is 0 Å². The molecule has 1 aliphatic rings. The number of fused-ring (bicyclic) bond motifs is 1. The highest BCUT2D eigenvalue weighted by molar-refractivity contribution is 5.86. The Hall–Kier alpha value is -2.37. The zero-order chi connectivity index (χ0) is 25.4. The van der Waals surface area contributed by atoms with Crippen molar-refractivity contribution in [3.8, 4) is 17.2 Å². The predicted molar refractivity (Wildman–Crippen MR) is 127 cm³/mol. The molecule has 1 fully saturated rings. The lowest BCUT2D eigenvalue weighted by Crippen LogP contribution is -2.60. The minimum Gasteiger partial charge on any atom is -0.499 e. The Kier molecular flexibility index (Phi) is 10.2. The van der Waals surface area contributed by atoms with E-state index in [4.69, 9.17) is 18.6 Å². The van der Waals surface area contributed by atoms with Gasteiger partial charge in [-0.05, 0) is 18.6 Å². The highest BCUT2D eigenvalue weighted by atomic mass is 16.7. The molecule has 5 N–H and O–H groups in total. The number of ether oxygens (including phenoxy) is 3. The van der Waals surface area contributed by atoms with Crippen molar-refractivity contribution >= 4 is 11.0 Å². The van der Waals surface area contributed by atoms with Gasteiger partial charge in [0.2, 0.25) is 12.0 Å². The van der Waals surface area contributed by atoms with Gasteiger partial charge in [-0.2, -0.15) is 0 Å². The highest BCUT2D eigenvalue weighted by Gasteiger charge is 2.44. The Morgan fingerprint density at radius 2 is 1.63 bits per heavy atom. The molecule has 1 aromatic carbocycles. The lowest BCUT2D eigenvalue weighted by Gasteiger charge is -2.39. The van der Waals surface area contributed by atoms with E-state index in [0.29, 0.717) is 12.0 Å². The largest absolute Gasteiger partial charge is 0.499 e. The molecule has 35 heavy (non-hydrogen) atoms. The fourth-order valence-corrected chi connectivity index (χ4v) is 4.07. The quantitative estimate of drug-likeness (QED) is 0.205. The molecule has 1 saturated heterocycles. The summed E-state index contributed by atoms with van der Waals surface area (Å²) in [6.07, 6.45) is 1.86. The first kappa shape index (κ1) is 27.2. The van der Waals surface area contributed by atoms with Gasteiger partial charge in [0.05, 0.1) is 18.6 Å². The molecule has 0 aliphatic carbocycles. The van der Waals surface area contributed by atoms with Crippen LogP contribution >= 0.6 is 0 Å². The summed E-state index contributed by atoms with van der Waals surface area (Å²) in [7, 11) is 0. The fourth-order valence-electron chi connectivity index (χ4n) is 4.07. The minimum absolute atomic E-state index is 0.0265. The van der Waals surface area contributed by atoms with Crippen LogP contribution in [0.3, 0.4) is 0 Å². The maximum absolute atomic E-state index is 12.1. The summed E-state index contributed by atoms with van der Waals surface area (Å²) in [6, 6.07) is 4.38. The highest BCUT2D eigenvalue weighted by Crippen LogP contribution is 2.35. The summed E-state index contributed by atoms with van der Waals surface area (Å²) in [5, 5.41) is 49.9. The Labute approximate surface area is 203 Å². The molecule has 0 saturated carbocycles. The number of unbranched alkanes of at least 4 members (excludes halogenated alkanes) is 7. The maximum atomic E-state index is 12.1. The van der Waals surface area contributed by atoms with Gasteiger partial charge in [0.1, 0.15) is 35.7 Å². The van der Waals surface area contributed by atoms with Crippen molar-refractivity contribution in [2.75, 3.05) is 13.2 Å². The zero-order valence-corrected chi connectivity index (χ0v) is 20.0. The molecule has 1 aromatic heterocycles. The van der Waals surface area contributed by atoms with Gasteiger partial charge in [-0.25, -0.2) is 4.79 Å². The summed E-state index contributed by atoms with van der Waals surface area (Å²) < 4.78 is 21.8. The maximum Gasteiger partial charge on any atom is 0.382 e. The summed E-state index contributed by atoms with van der Waals surface area (Å²) in [6.45, 7) is 1.94. The van der Waals surface area contributed by atoms with E-state index in [0.717, 1.165) is 19.3 Å². The predicted octanol–water partition coefficient (Wildman–Crippen LogP) is 2.20. The average molecular weight is 497 g/mol. The molecule has 2 heterocycles. The number of hydrogen-bond acceptors (Lipinski definition) is 10. The van der Waals surface area contributed by atoms with Gasteiger partial charge in [-0.1, -0.05) is 51.9 Å². The third-order valence-electron chi connectivity index (χ3n) is 6.15. The molecular formula is C25H36O10. The van der Waals surface area contributed by atoms with Crippen LogP contribution in [0.2, 0.25) is 0 Å². The third kappa shape index (κ3) is 6.86. The second-order valence-corrected chi connectivity index (χ2v) is 8.86. The van der Waals surface area contributed by atoms with Gasteiger partial charge >= 0.3 is 5.63 Å². The first-order chi connectivity index (χ1) is 16.9. The van der Waals surface area contributed by atoms with Crippen LogP contribution in [0.1, 0.15) is 58.3 Å². The van der Waals surface area contributed by atoms with E-state index in [9.17, 15) is 30.3 Å². The van der Waals surface area contributed by atoms with Crippen LogP contribution in [0.4, 0.5) is 0 Å². The second kappa shape index (κ2) is 13.1. The molecule has 0 amide bonds. The first-order valence-corrected chi connectivity index (χ1v) is 12.3. The smallest absolute Gasteiger partial charge is 0.382 e. The van der Waals surface area contributed by atoms with Crippen LogP contribution in [-0.2, 0) is 4.74 Å². The molecule has 10 heteroatoms. The Bertz CT molecular complexity index is 988. The SMILES string of the molecule is CCCCCCCCCCOc1c(O)c(=O)oc2cc(O[C@H]3O[C@H](CO)[C@@H](O)[C@H](O)[C@@H]3O)ccc12. The zero-order valence-electron chi connectivity index (χ0n) is 20.0. The van der Waals surface area contributed by atoms with Gasteiger partial charge in [0.25, 0.3) is 0 Å². The van der Waals surface area contributed by atoms with E-state index < -0.39 is 48.7 Å². The normalized spacial score (nSPS) is 24.5. The Balaban J connectivity index is 1.64. The van der Waals surface area contributed by atoms with Crippen molar-refractivity contribution in [3.63, 3.8) is 0 Å². The topological polar surface area (TPSA) is 159 Å². The van der Waals surface area contributed by atoms with E-state index >= 15 is 0 Å². The van der Waals surface area contributed by atoms with Crippen molar-refractivity contribution in [1.29, 1.82) is 0 Å². The number of aliphatic hydroxyl groups is 4. The molecule has 1 aliphatic heterocycles. The summed E-state index contributed by atoms with van der Waals surface area (Å²) in [5.74, 6) is -0.456. The van der Waals surface area contributed by atoms with Crippen LogP contribution in [-0.4, -0.2) is 69.5 Å². The lowest BCUT2D eigenvalue weighted by molar-refractivity contribution is -0.277. The molecular weight excluding hydrogens is 460 g/mol.